The number of nitrogens with one attached hydrogen (secondary N) is 1. The maximum Gasteiger partial charge on any atom is 0.273 e. The average molecular weight is 315 g/mol. The number of nitro groups is 1. The minimum Gasteiger partial charge on any atom is -0.310 e. The summed E-state index contributed by atoms with van der Waals surface area (Å²) in [5, 5.41) is 14.3. The second-order valence-electron chi connectivity index (χ2n) is 4.60. The van der Waals surface area contributed by atoms with Crippen molar-refractivity contribution in [2.24, 2.45) is 0 Å². The highest BCUT2D eigenvalue weighted by Gasteiger charge is 2.16. The van der Waals surface area contributed by atoms with Crippen LogP contribution >= 0.6 is 17.0 Å². The molecule has 4 nitrogen and oxygen atoms in total. The van der Waals surface area contributed by atoms with Gasteiger partial charge >= 0.3 is 0 Å². The number of nitro benzene ring substituents is 1. The Bertz CT molecular complexity index is 392. The predicted octanol–water partition coefficient (Wildman–Crippen LogP) is 3.60. The van der Waals surface area contributed by atoms with Crippen molar-refractivity contribution in [3.8, 4) is 0 Å². The molecule has 0 aliphatic heterocycles. The summed E-state index contributed by atoms with van der Waals surface area (Å²) in [6.07, 6.45) is 6.26. The molecule has 0 amide bonds. The van der Waals surface area contributed by atoms with E-state index in [-0.39, 0.29) is 27.6 Å². The lowest BCUT2D eigenvalue weighted by Gasteiger charge is -2.22. The monoisotopic (exact) mass is 314 g/mol. The molecule has 5 heteroatoms. The second kappa shape index (κ2) is 7.48. The van der Waals surface area contributed by atoms with Gasteiger partial charge in [-0.2, -0.15) is 0 Å². The van der Waals surface area contributed by atoms with Gasteiger partial charge in [0.1, 0.15) is 0 Å². The van der Waals surface area contributed by atoms with Crippen LogP contribution in [0.4, 0.5) is 5.69 Å². The molecule has 0 bridgehead atoms. The lowest BCUT2D eigenvalue weighted by molar-refractivity contribution is -0.385. The molecule has 1 aliphatic rings. The van der Waals surface area contributed by atoms with Crippen molar-refractivity contribution in [2.45, 2.75) is 44.7 Å². The van der Waals surface area contributed by atoms with Crippen LogP contribution in [0.15, 0.2) is 24.3 Å². The van der Waals surface area contributed by atoms with Crippen LogP contribution in [0, 0.1) is 10.1 Å². The summed E-state index contributed by atoms with van der Waals surface area (Å²) < 4.78 is 0. The molecule has 0 atom stereocenters. The van der Waals surface area contributed by atoms with Gasteiger partial charge in [-0.05, 0) is 12.8 Å². The molecule has 0 unspecified atom stereocenters. The van der Waals surface area contributed by atoms with Crippen LogP contribution in [0.2, 0.25) is 0 Å². The van der Waals surface area contributed by atoms with E-state index >= 15 is 0 Å². The molecule has 1 aliphatic carbocycles. The fraction of sp³-hybridized carbons (Fsp3) is 0.538. The van der Waals surface area contributed by atoms with E-state index < -0.39 is 0 Å². The first-order chi connectivity index (χ1) is 8.27. The zero-order chi connectivity index (χ0) is 12.1. The molecule has 0 spiro atoms. The smallest absolute Gasteiger partial charge is 0.273 e. The molecule has 0 aromatic heterocycles. The van der Waals surface area contributed by atoms with Gasteiger partial charge in [-0.15, -0.1) is 17.0 Å². The van der Waals surface area contributed by atoms with Crippen molar-refractivity contribution in [3.63, 3.8) is 0 Å². The fourth-order valence-electron chi connectivity index (χ4n) is 2.40. The molecule has 1 saturated carbocycles. The Morgan fingerprint density at radius 2 is 1.89 bits per heavy atom. The molecule has 0 radical (unpaired) electrons. The maximum absolute atomic E-state index is 10.9. The minimum atomic E-state index is -0.308. The largest absolute Gasteiger partial charge is 0.310 e. The Morgan fingerprint density at radius 1 is 1.22 bits per heavy atom. The third-order valence-electron chi connectivity index (χ3n) is 3.37. The zero-order valence-electron chi connectivity index (χ0n) is 10.3. The van der Waals surface area contributed by atoms with Gasteiger partial charge in [-0.25, -0.2) is 0 Å². The van der Waals surface area contributed by atoms with Gasteiger partial charge in [0.25, 0.3) is 5.69 Å². The molecule has 100 valence electrons. The standard InChI is InChI=1S/C13H18N2O2.BrH/c16-15(17)13-9-5-4-6-11(13)10-14-12-7-2-1-3-8-12;/h4-6,9,12,14H,1-3,7-8,10H2;1H. The summed E-state index contributed by atoms with van der Waals surface area (Å²) in [6, 6.07) is 7.49. The Hall–Kier alpha value is -0.940. The van der Waals surface area contributed by atoms with E-state index in [1.165, 1.54) is 32.1 Å². The van der Waals surface area contributed by atoms with Crippen molar-refractivity contribution in [3.05, 3.63) is 39.9 Å². The van der Waals surface area contributed by atoms with Gasteiger partial charge in [0.05, 0.1) is 4.92 Å². The Labute approximate surface area is 118 Å². The number of rotatable bonds is 4. The SMILES string of the molecule is Br.O=[N+]([O-])c1ccccc1CNC1CCCCC1. The van der Waals surface area contributed by atoms with E-state index in [1.807, 2.05) is 12.1 Å². The molecule has 18 heavy (non-hydrogen) atoms. The lowest BCUT2D eigenvalue weighted by Crippen LogP contribution is -2.30. The van der Waals surface area contributed by atoms with E-state index in [2.05, 4.69) is 5.32 Å². The highest BCUT2D eigenvalue weighted by atomic mass is 79.9. The predicted molar refractivity (Wildman–Crippen MR) is 77.1 cm³/mol. The number of halogens is 1. The minimum absolute atomic E-state index is 0. The first-order valence-corrected chi connectivity index (χ1v) is 6.23. The first kappa shape index (κ1) is 15.1. The van der Waals surface area contributed by atoms with E-state index in [9.17, 15) is 10.1 Å². The summed E-state index contributed by atoms with van der Waals surface area (Å²) in [4.78, 5) is 10.5. The van der Waals surface area contributed by atoms with Crippen LogP contribution in [-0.2, 0) is 6.54 Å². The van der Waals surface area contributed by atoms with Gasteiger partial charge in [0.2, 0.25) is 0 Å². The van der Waals surface area contributed by atoms with Crippen molar-refractivity contribution in [1.29, 1.82) is 0 Å². The van der Waals surface area contributed by atoms with Gasteiger partial charge < -0.3 is 5.32 Å². The molecule has 0 heterocycles. The Morgan fingerprint density at radius 3 is 2.56 bits per heavy atom. The van der Waals surface area contributed by atoms with Crippen LogP contribution in [-0.4, -0.2) is 11.0 Å². The van der Waals surface area contributed by atoms with E-state index in [0.717, 1.165) is 5.56 Å². The van der Waals surface area contributed by atoms with E-state index in [0.29, 0.717) is 12.6 Å². The maximum atomic E-state index is 10.9. The van der Waals surface area contributed by atoms with Gasteiger partial charge in [0.15, 0.2) is 0 Å². The third-order valence-corrected chi connectivity index (χ3v) is 3.37. The van der Waals surface area contributed by atoms with E-state index in [1.54, 1.807) is 12.1 Å². The average Bonchev–Trinajstić information content (AvgIpc) is 2.38. The van der Waals surface area contributed by atoms with Crippen molar-refractivity contribution in [2.75, 3.05) is 0 Å². The molecule has 1 aromatic rings. The van der Waals surface area contributed by atoms with Crippen molar-refractivity contribution >= 4 is 22.7 Å². The van der Waals surface area contributed by atoms with Crippen LogP contribution in [0.5, 0.6) is 0 Å². The summed E-state index contributed by atoms with van der Waals surface area (Å²) in [6.45, 7) is 0.599. The quantitative estimate of drug-likeness (QED) is 0.682. The molecular weight excluding hydrogens is 296 g/mol. The van der Waals surface area contributed by atoms with Crippen LogP contribution < -0.4 is 5.32 Å². The highest BCUT2D eigenvalue weighted by Crippen LogP contribution is 2.20. The third kappa shape index (κ3) is 4.07. The molecule has 2 rings (SSSR count). The summed E-state index contributed by atoms with van der Waals surface area (Å²) in [7, 11) is 0. The molecule has 1 fully saturated rings. The molecule has 0 saturated heterocycles. The number of benzene rings is 1. The zero-order valence-corrected chi connectivity index (χ0v) is 12.0. The van der Waals surface area contributed by atoms with Crippen molar-refractivity contribution in [1.82, 2.24) is 5.32 Å². The van der Waals surface area contributed by atoms with Gasteiger partial charge in [-0.1, -0.05) is 37.5 Å². The fourth-order valence-corrected chi connectivity index (χ4v) is 2.40. The molecular formula is C13H19BrN2O2. The number of hydrogen-bond acceptors (Lipinski definition) is 3. The van der Waals surface area contributed by atoms with Crippen molar-refractivity contribution < 1.29 is 4.92 Å². The van der Waals surface area contributed by atoms with Crippen LogP contribution in [0.25, 0.3) is 0 Å². The van der Waals surface area contributed by atoms with Gasteiger partial charge in [-0.3, -0.25) is 10.1 Å². The Balaban J connectivity index is 0.00000162. The normalized spacial score (nSPS) is 16.0. The molecule has 1 aromatic carbocycles. The summed E-state index contributed by atoms with van der Waals surface area (Å²) in [5.41, 5.74) is 0.999. The first-order valence-electron chi connectivity index (χ1n) is 6.23. The van der Waals surface area contributed by atoms with Crippen LogP contribution in [0.3, 0.4) is 0 Å². The van der Waals surface area contributed by atoms with Crippen LogP contribution in [0.1, 0.15) is 37.7 Å². The number of para-hydroxylation sites is 1. The highest BCUT2D eigenvalue weighted by molar-refractivity contribution is 8.93. The van der Waals surface area contributed by atoms with E-state index in [4.69, 9.17) is 0 Å². The summed E-state index contributed by atoms with van der Waals surface area (Å²) >= 11 is 0. The second-order valence-corrected chi connectivity index (χ2v) is 4.60. The van der Waals surface area contributed by atoms with Gasteiger partial charge in [0, 0.05) is 24.2 Å². The molecule has 1 N–H and O–H groups in total. The topological polar surface area (TPSA) is 55.2 Å². The Kier molecular flexibility index (Phi) is 6.29. The number of hydrogen-bond donors (Lipinski definition) is 1. The lowest BCUT2D eigenvalue weighted by atomic mass is 9.95. The summed E-state index contributed by atoms with van der Waals surface area (Å²) in [5.74, 6) is 0. The number of nitrogens with zero attached hydrogens (tertiary/aromatic N) is 1.